The van der Waals surface area contributed by atoms with E-state index in [0.29, 0.717) is 17.0 Å². The maximum atomic E-state index is 14.0. The summed E-state index contributed by atoms with van der Waals surface area (Å²) in [5.74, 6) is -2.16. The first-order chi connectivity index (χ1) is 24.8. The second-order valence-electron chi connectivity index (χ2n) is 11.2. The molecule has 5 rings (SSSR count). The van der Waals surface area contributed by atoms with Crippen LogP contribution in [0.2, 0.25) is 0 Å². The molecule has 0 fully saturated rings. The fourth-order valence-electron chi connectivity index (χ4n) is 5.13. The van der Waals surface area contributed by atoms with Crippen molar-refractivity contribution >= 4 is 46.7 Å². The molecule has 0 aliphatic carbocycles. The number of rotatable bonds is 13. The van der Waals surface area contributed by atoms with E-state index >= 15 is 0 Å². The zero-order valence-corrected chi connectivity index (χ0v) is 28.6. The number of hydrogen-bond donors (Lipinski definition) is 2. The van der Waals surface area contributed by atoms with Crippen LogP contribution in [0.1, 0.15) is 45.6 Å². The number of hydrogen-bond acceptors (Lipinski definition) is 6. The van der Waals surface area contributed by atoms with Crippen molar-refractivity contribution in [2.45, 2.75) is 19.6 Å². The van der Waals surface area contributed by atoms with Crippen LogP contribution in [0.15, 0.2) is 156 Å². The van der Waals surface area contributed by atoms with E-state index in [4.69, 9.17) is 9.84 Å². The van der Waals surface area contributed by atoms with Gasteiger partial charge < -0.3 is 15.2 Å². The lowest BCUT2D eigenvalue weighted by molar-refractivity contribution is -0.126. The van der Waals surface area contributed by atoms with Gasteiger partial charge in [0.2, 0.25) is 5.91 Å². The van der Waals surface area contributed by atoms with Gasteiger partial charge in [-0.1, -0.05) is 121 Å². The van der Waals surface area contributed by atoms with Crippen LogP contribution >= 0.6 is 11.8 Å². The van der Waals surface area contributed by atoms with Crippen LogP contribution in [0.4, 0.5) is 0 Å². The number of carboxylic acid groups (broad SMARTS) is 1. The largest absolute Gasteiger partial charge is 0.489 e. The summed E-state index contributed by atoms with van der Waals surface area (Å²) in [6.07, 6.45) is 8.10. The highest BCUT2D eigenvalue weighted by Crippen LogP contribution is 2.28. The number of allylic oxidation sites excluding steroid dienone is 4. The van der Waals surface area contributed by atoms with Gasteiger partial charge in [0, 0.05) is 5.70 Å². The third kappa shape index (κ3) is 9.46. The molecular weight excluding hydrogens is 663 g/mol. The summed E-state index contributed by atoms with van der Waals surface area (Å²) in [4.78, 5) is 57.4. The van der Waals surface area contributed by atoms with Crippen LogP contribution in [-0.4, -0.2) is 44.6 Å². The Labute approximate surface area is 300 Å². The average Bonchev–Trinajstić information content (AvgIpc) is 3.16. The highest BCUT2D eigenvalue weighted by molar-refractivity contribution is 8.14. The van der Waals surface area contributed by atoms with Crippen LogP contribution in [0.3, 0.4) is 0 Å². The number of carboxylic acids is 1. The summed E-state index contributed by atoms with van der Waals surface area (Å²) in [5.41, 5.74) is 3.70. The van der Waals surface area contributed by atoms with Gasteiger partial charge in [0.1, 0.15) is 17.9 Å². The summed E-state index contributed by atoms with van der Waals surface area (Å²) >= 11 is 0.995. The second kappa shape index (κ2) is 17.4. The molecule has 3 amide bonds. The van der Waals surface area contributed by atoms with E-state index < -0.39 is 23.8 Å². The lowest BCUT2D eigenvalue weighted by atomic mass is 9.99. The summed E-state index contributed by atoms with van der Waals surface area (Å²) in [7, 11) is 0. The van der Waals surface area contributed by atoms with E-state index in [-0.39, 0.29) is 34.6 Å². The van der Waals surface area contributed by atoms with Gasteiger partial charge in [-0.15, -0.1) is 0 Å². The molecule has 2 N–H and O–H groups in total. The molecule has 10 heteroatoms. The minimum atomic E-state index is -1.000. The van der Waals surface area contributed by atoms with Gasteiger partial charge in [-0.3, -0.25) is 19.3 Å². The molecule has 0 radical (unpaired) electrons. The van der Waals surface area contributed by atoms with Crippen LogP contribution in [0.5, 0.6) is 5.75 Å². The summed E-state index contributed by atoms with van der Waals surface area (Å²) in [6.45, 7) is 5.70. The molecule has 1 aliphatic heterocycles. The number of amidine groups is 1. The molecule has 0 atom stereocenters. The van der Waals surface area contributed by atoms with Gasteiger partial charge in [-0.2, -0.15) is 4.99 Å². The van der Waals surface area contributed by atoms with E-state index in [1.165, 1.54) is 23.1 Å². The molecule has 0 unspecified atom stereocenters. The molecule has 9 nitrogen and oxygen atoms in total. The highest BCUT2D eigenvalue weighted by atomic mass is 32.2. The molecule has 4 aromatic carbocycles. The predicted molar refractivity (Wildman–Crippen MR) is 200 cm³/mol. The minimum absolute atomic E-state index is 0.0789. The van der Waals surface area contributed by atoms with Crippen LogP contribution < -0.4 is 10.1 Å². The molecule has 51 heavy (non-hydrogen) atoms. The normalized spacial score (nSPS) is 14.2. The molecule has 4 aromatic rings. The van der Waals surface area contributed by atoms with Crippen molar-refractivity contribution in [2.24, 2.45) is 4.99 Å². The topological polar surface area (TPSA) is 125 Å². The lowest BCUT2D eigenvalue weighted by Crippen LogP contribution is -2.42. The van der Waals surface area contributed by atoms with Crippen LogP contribution in [0, 0.1) is 0 Å². The first-order valence-electron chi connectivity index (χ1n) is 16.0. The SMILES string of the molecule is C=C/C=C\C(=C/C)N1C(=O)/C(=C/c2ccc(OCc3ccc(C(=O)O)cc3)cc2)C(=O)N=C1SCC(=O)NC(c1ccccc1)c1ccccc1. The molecule has 256 valence electrons. The molecule has 0 spiro atoms. The second-order valence-corrected chi connectivity index (χ2v) is 12.1. The van der Waals surface area contributed by atoms with E-state index in [1.807, 2.05) is 60.7 Å². The number of thioether (sulfide) groups is 1. The molecule has 1 aliphatic rings. The Kier molecular flexibility index (Phi) is 12.3. The number of carbonyl (C=O) groups is 4. The van der Waals surface area contributed by atoms with Crippen molar-refractivity contribution in [3.8, 4) is 5.75 Å². The predicted octanol–water partition coefficient (Wildman–Crippen LogP) is 7.36. The molecule has 0 saturated heterocycles. The average molecular weight is 698 g/mol. The summed E-state index contributed by atoms with van der Waals surface area (Å²) < 4.78 is 5.82. The summed E-state index contributed by atoms with van der Waals surface area (Å²) in [6, 6.07) is 32.1. The number of aromatic carboxylic acids is 1. The fourth-order valence-corrected chi connectivity index (χ4v) is 5.94. The third-order valence-electron chi connectivity index (χ3n) is 7.71. The van der Waals surface area contributed by atoms with Crippen LogP contribution in [0.25, 0.3) is 6.08 Å². The number of nitrogens with one attached hydrogen (secondary N) is 1. The Balaban J connectivity index is 1.33. The van der Waals surface area contributed by atoms with E-state index in [1.54, 1.807) is 67.6 Å². The van der Waals surface area contributed by atoms with E-state index in [0.717, 1.165) is 28.5 Å². The van der Waals surface area contributed by atoms with Crippen molar-refractivity contribution in [1.29, 1.82) is 0 Å². The van der Waals surface area contributed by atoms with E-state index in [2.05, 4.69) is 16.9 Å². The fraction of sp³-hybridized carbons (Fsp3) is 0.0976. The Bertz CT molecular complexity index is 1980. The Hall–Kier alpha value is -6.26. The molecule has 0 bridgehead atoms. The Morgan fingerprint density at radius 1 is 0.922 bits per heavy atom. The van der Waals surface area contributed by atoms with Crippen molar-refractivity contribution < 1.29 is 29.0 Å². The van der Waals surface area contributed by atoms with Crippen molar-refractivity contribution in [2.75, 3.05) is 5.75 Å². The van der Waals surface area contributed by atoms with E-state index in [9.17, 15) is 19.2 Å². The summed E-state index contributed by atoms with van der Waals surface area (Å²) in [5, 5.41) is 12.3. The van der Waals surface area contributed by atoms with Crippen molar-refractivity contribution in [3.63, 3.8) is 0 Å². The van der Waals surface area contributed by atoms with Crippen LogP contribution in [-0.2, 0) is 21.0 Å². The van der Waals surface area contributed by atoms with Gasteiger partial charge in [0.15, 0.2) is 5.17 Å². The number of nitrogens with zero attached hydrogens (tertiary/aromatic N) is 2. The maximum absolute atomic E-state index is 14.0. The molecule has 0 saturated carbocycles. The standard InChI is InChI=1S/C41H35N3O6S/c1-3-5-16-33(4-2)44-39(47)35(25-28-19-23-34(24-20-28)50-26-29-17-21-32(22-18-29)40(48)49)38(46)43-41(44)51-27-36(45)42-37(30-12-8-6-9-13-30)31-14-10-7-11-15-31/h3-25,37H,1,26-27H2,2H3,(H,42,45)(H,48,49)/b16-5-,33-4+,35-25+. The van der Waals surface area contributed by atoms with Gasteiger partial charge >= 0.3 is 5.97 Å². The quantitative estimate of drug-likeness (QED) is 0.0850. The highest BCUT2D eigenvalue weighted by Gasteiger charge is 2.35. The smallest absolute Gasteiger partial charge is 0.335 e. The van der Waals surface area contributed by atoms with Gasteiger partial charge in [0.05, 0.1) is 17.4 Å². The molecule has 0 aromatic heterocycles. The number of ether oxygens (including phenoxy) is 1. The molecule has 1 heterocycles. The first-order valence-corrected chi connectivity index (χ1v) is 17.0. The van der Waals surface area contributed by atoms with Gasteiger partial charge in [-0.25, -0.2) is 4.79 Å². The number of amides is 3. The minimum Gasteiger partial charge on any atom is -0.489 e. The Morgan fingerprint density at radius 2 is 1.55 bits per heavy atom. The van der Waals surface area contributed by atoms with Gasteiger partial charge in [0.25, 0.3) is 11.8 Å². The number of aliphatic imine (C=N–C) groups is 1. The number of carbonyl (C=O) groups excluding carboxylic acids is 3. The number of benzene rings is 4. The first kappa shape index (κ1) is 36.0. The monoisotopic (exact) mass is 697 g/mol. The Morgan fingerprint density at radius 3 is 2.12 bits per heavy atom. The zero-order chi connectivity index (χ0) is 36.2. The van der Waals surface area contributed by atoms with Gasteiger partial charge in [-0.05, 0) is 65.6 Å². The van der Waals surface area contributed by atoms with Crippen molar-refractivity contribution in [3.05, 3.63) is 179 Å². The molecular formula is C41H35N3O6S. The third-order valence-corrected chi connectivity index (χ3v) is 8.65. The van der Waals surface area contributed by atoms with Crippen molar-refractivity contribution in [1.82, 2.24) is 10.2 Å². The zero-order valence-electron chi connectivity index (χ0n) is 27.8. The maximum Gasteiger partial charge on any atom is 0.335 e. The lowest BCUT2D eigenvalue weighted by Gasteiger charge is -2.28.